The summed E-state index contributed by atoms with van der Waals surface area (Å²) >= 11 is 0. The summed E-state index contributed by atoms with van der Waals surface area (Å²) < 4.78 is 0. The molecule has 0 radical (unpaired) electrons. The highest BCUT2D eigenvalue weighted by Crippen LogP contribution is 2.39. The fourth-order valence-corrected chi connectivity index (χ4v) is 2.39. The van der Waals surface area contributed by atoms with Crippen molar-refractivity contribution >= 4 is 11.6 Å². The van der Waals surface area contributed by atoms with Crippen LogP contribution in [0.25, 0.3) is 0 Å². The van der Waals surface area contributed by atoms with E-state index >= 15 is 0 Å². The van der Waals surface area contributed by atoms with Gasteiger partial charge in [0.15, 0.2) is 0 Å². The summed E-state index contributed by atoms with van der Waals surface area (Å²) in [4.78, 5) is 12.1. The largest absolute Gasteiger partial charge is 0.399 e. The maximum absolute atomic E-state index is 12.1. The third-order valence-corrected chi connectivity index (χ3v) is 4.05. The number of benzene rings is 1. The number of amides is 1. The molecule has 3 N–H and O–H groups in total. The number of carbonyl (C=O) groups is 1. The molecule has 1 saturated carbocycles. The van der Waals surface area contributed by atoms with Gasteiger partial charge in [-0.15, -0.1) is 0 Å². The summed E-state index contributed by atoms with van der Waals surface area (Å²) in [7, 11) is 0. The fourth-order valence-electron chi connectivity index (χ4n) is 2.39. The van der Waals surface area contributed by atoms with E-state index < -0.39 is 0 Å². The van der Waals surface area contributed by atoms with E-state index in [1.807, 2.05) is 31.2 Å². The summed E-state index contributed by atoms with van der Waals surface area (Å²) in [5, 5.41) is 3.06. The minimum absolute atomic E-state index is 0.0914. The molecule has 3 nitrogen and oxygen atoms in total. The monoisotopic (exact) mass is 246 g/mol. The zero-order valence-corrected chi connectivity index (χ0v) is 11.2. The molecule has 1 aliphatic carbocycles. The number of rotatable bonds is 4. The van der Waals surface area contributed by atoms with Crippen molar-refractivity contribution in [1.82, 2.24) is 5.32 Å². The lowest BCUT2D eigenvalue weighted by Crippen LogP contribution is -2.41. The van der Waals surface area contributed by atoms with Gasteiger partial charge in [0.05, 0.1) is 5.92 Å². The summed E-state index contributed by atoms with van der Waals surface area (Å²) in [5.41, 5.74) is 7.75. The molecule has 0 saturated heterocycles. The molecule has 0 heterocycles. The van der Waals surface area contributed by atoms with Gasteiger partial charge in [-0.25, -0.2) is 0 Å². The van der Waals surface area contributed by atoms with Crippen molar-refractivity contribution in [3.8, 4) is 0 Å². The van der Waals surface area contributed by atoms with Crippen LogP contribution < -0.4 is 11.1 Å². The minimum Gasteiger partial charge on any atom is -0.399 e. The topological polar surface area (TPSA) is 55.1 Å². The number of anilines is 1. The predicted octanol–water partition coefficient (Wildman–Crippen LogP) is 2.68. The fraction of sp³-hybridized carbons (Fsp3) is 0.533. The van der Waals surface area contributed by atoms with E-state index in [4.69, 9.17) is 5.73 Å². The van der Waals surface area contributed by atoms with Crippen molar-refractivity contribution in [3.05, 3.63) is 29.8 Å². The maximum Gasteiger partial charge on any atom is 0.227 e. The van der Waals surface area contributed by atoms with E-state index in [0.29, 0.717) is 11.1 Å². The van der Waals surface area contributed by atoms with Gasteiger partial charge in [0, 0.05) is 12.2 Å². The van der Waals surface area contributed by atoms with Crippen LogP contribution in [0.3, 0.4) is 0 Å². The Labute approximate surface area is 109 Å². The Morgan fingerprint density at radius 3 is 2.78 bits per heavy atom. The van der Waals surface area contributed by atoms with Gasteiger partial charge in [0.25, 0.3) is 0 Å². The van der Waals surface area contributed by atoms with Gasteiger partial charge in [0.1, 0.15) is 0 Å². The number of nitrogens with one attached hydrogen (secondary N) is 1. The summed E-state index contributed by atoms with van der Waals surface area (Å²) in [6.07, 6.45) is 3.73. The highest BCUT2D eigenvalue weighted by molar-refractivity contribution is 5.83. The molecule has 98 valence electrons. The molecular weight excluding hydrogens is 224 g/mol. The number of hydrogen-bond donors (Lipinski definition) is 2. The van der Waals surface area contributed by atoms with Crippen LogP contribution in [0, 0.1) is 5.41 Å². The predicted molar refractivity (Wildman–Crippen MR) is 74.2 cm³/mol. The Morgan fingerprint density at radius 1 is 1.50 bits per heavy atom. The molecule has 1 aliphatic rings. The van der Waals surface area contributed by atoms with Crippen molar-refractivity contribution < 1.29 is 4.79 Å². The molecule has 1 unspecified atom stereocenters. The minimum atomic E-state index is -0.142. The third-order valence-electron chi connectivity index (χ3n) is 4.05. The molecule has 0 spiro atoms. The Kier molecular flexibility index (Phi) is 3.60. The molecule has 0 bridgehead atoms. The number of hydrogen-bond acceptors (Lipinski definition) is 2. The molecule has 1 atom stereocenters. The molecule has 18 heavy (non-hydrogen) atoms. The van der Waals surface area contributed by atoms with Crippen LogP contribution in [0.5, 0.6) is 0 Å². The highest BCUT2D eigenvalue weighted by Gasteiger charge is 2.32. The highest BCUT2D eigenvalue weighted by atomic mass is 16.1. The van der Waals surface area contributed by atoms with Crippen LogP contribution in [-0.4, -0.2) is 12.5 Å². The summed E-state index contributed by atoms with van der Waals surface area (Å²) in [6.45, 7) is 4.95. The molecule has 1 fully saturated rings. The number of nitrogen functional groups attached to an aromatic ring is 1. The lowest BCUT2D eigenvalue weighted by atomic mass is 9.70. The SMILES string of the molecule is CC(C(=O)NCC1(C)CCC1)c1cccc(N)c1. The molecule has 1 aromatic carbocycles. The zero-order valence-electron chi connectivity index (χ0n) is 11.2. The van der Waals surface area contributed by atoms with Gasteiger partial charge in [-0.2, -0.15) is 0 Å². The first-order chi connectivity index (χ1) is 8.50. The third kappa shape index (κ3) is 2.84. The normalized spacial score (nSPS) is 18.8. The molecule has 2 rings (SSSR count). The van der Waals surface area contributed by atoms with Gasteiger partial charge in [-0.3, -0.25) is 4.79 Å². The van der Waals surface area contributed by atoms with Crippen LogP contribution >= 0.6 is 0 Å². The van der Waals surface area contributed by atoms with Crippen LogP contribution in [0.15, 0.2) is 24.3 Å². The van der Waals surface area contributed by atoms with E-state index in [1.54, 1.807) is 0 Å². The first kappa shape index (κ1) is 12.9. The van der Waals surface area contributed by atoms with E-state index in [-0.39, 0.29) is 11.8 Å². The van der Waals surface area contributed by atoms with Crippen LogP contribution in [0.2, 0.25) is 0 Å². The smallest absolute Gasteiger partial charge is 0.227 e. The summed E-state index contributed by atoms with van der Waals surface area (Å²) in [5.74, 6) is -0.0501. The zero-order chi connectivity index (χ0) is 13.2. The van der Waals surface area contributed by atoms with Gasteiger partial charge in [0.2, 0.25) is 5.91 Å². The second-order valence-corrected chi connectivity index (χ2v) is 5.77. The average molecular weight is 246 g/mol. The molecular formula is C15H22N2O. The first-order valence-corrected chi connectivity index (χ1v) is 6.63. The van der Waals surface area contributed by atoms with Crippen molar-refractivity contribution in [2.24, 2.45) is 5.41 Å². The van der Waals surface area contributed by atoms with Gasteiger partial charge < -0.3 is 11.1 Å². The summed E-state index contributed by atoms with van der Waals surface area (Å²) in [6, 6.07) is 7.55. The molecule has 0 aliphatic heterocycles. The standard InChI is InChI=1S/C15H22N2O/c1-11(12-5-3-6-13(16)9-12)14(18)17-10-15(2)7-4-8-15/h3,5-6,9,11H,4,7-8,10,16H2,1-2H3,(H,17,18). The lowest BCUT2D eigenvalue weighted by molar-refractivity contribution is -0.123. The Hall–Kier alpha value is -1.51. The van der Waals surface area contributed by atoms with Crippen molar-refractivity contribution in [1.29, 1.82) is 0 Å². The quantitative estimate of drug-likeness (QED) is 0.802. The van der Waals surface area contributed by atoms with Crippen molar-refractivity contribution in [2.45, 2.75) is 39.0 Å². The maximum atomic E-state index is 12.1. The Bertz CT molecular complexity index is 438. The van der Waals surface area contributed by atoms with E-state index in [9.17, 15) is 4.79 Å². The molecule has 1 aromatic rings. The lowest BCUT2D eigenvalue weighted by Gasteiger charge is -2.38. The van der Waals surface area contributed by atoms with Crippen LogP contribution in [0.4, 0.5) is 5.69 Å². The van der Waals surface area contributed by atoms with Crippen molar-refractivity contribution in [3.63, 3.8) is 0 Å². The van der Waals surface area contributed by atoms with Gasteiger partial charge in [-0.05, 0) is 42.9 Å². The second-order valence-electron chi connectivity index (χ2n) is 5.77. The number of carbonyl (C=O) groups excluding carboxylic acids is 1. The van der Waals surface area contributed by atoms with Crippen molar-refractivity contribution in [2.75, 3.05) is 12.3 Å². The van der Waals surface area contributed by atoms with Gasteiger partial charge in [-0.1, -0.05) is 25.5 Å². The Balaban J connectivity index is 1.92. The second kappa shape index (κ2) is 5.01. The molecule has 3 heteroatoms. The Morgan fingerprint density at radius 2 is 2.22 bits per heavy atom. The van der Waals surface area contributed by atoms with E-state index in [2.05, 4.69) is 12.2 Å². The first-order valence-electron chi connectivity index (χ1n) is 6.63. The van der Waals surface area contributed by atoms with Crippen LogP contribution in [0.1, 0.15) is 44.6 Å². The molecule has 0 aromatic heterocycles. The van der Waals surface area contributed by atoms with Crippen LogP contribution in [-0.2, 0) is 4.79 Å². The van der Waals surface area contributed by atoms with E-state index in [0.717, 1.165) is 12.1 Å². The van der Waals surface area contributed by atoms with Gasteiger partial charge >= 0.3 is 0 Å². The average Bonchev–Trinajstić information content (AvgIpc) is 2.32. The molecule has 1 amide bonds. The number of nitrogens with two attached hydrogens (primary N) is 1. The van der Waals surface area contributed by atoms with E-state index in [1.165, 1.54) is 19.3 Å².